The lowest BCUT2D eigenvalue weighted by molar-refractivity contribution is -0.520. The summed E-state index contributed by atoms with van der Waals surface area (Å²) in [5.74, 6) is -0.719. The zero-order chi connectivity index (χ0) is 16.0. The van der Waals surface area contributed by atoms with Crippen LogP contribution in [0.25, 0.3) is 0 Å². The number of nitrogens with zero attached hydrogens (tertiary/aromatic N) is 3. The maximum absolute atomic E-state index is 12.1. The molecule has 1 saturated heterocycles. The highest BCUT2D eigenvalue weighted by Crippen LogP contribution is 2.17. The Morgan fingerprint density at radius 1 is 1.52 bits per heavy atom. The second-order valence-corrected chi connectivity index (χ2v) is 4.92. The summed E-state index contributed by atoms with van der Waals surface area (Å²) in [6, 6.07) is -2.70. The van der Waals surface area contributed by atoms with Crippen LogP contribution in [0.15, 0.2) is 4.99 Å². The van der Waals surface area contributed by atoms with Gasteiger partial charge in [0, 0.05) is 17.9 Å². The molecule has 1 heterocycles. The standard InChI is InChI=1S/C11H20N6O4/c12-9(4-8(17(20)21)5-15-11(13)14)10(19)16-3-1-2-7(16)6-18/h6-9H,1-5,12H2,(H4,13,14,15)/t7-,8?,9-/m0/s1. The first kappa shape index (κ1) is 16.8. The maximum Gasteiger partial charge on any atom is 0.240 e. The Balaban J connectivity index is 2.66. The van der Waals surface area contributed by atoms with Crippen molar-refractivity contribution in [1.29, 1.82) is 0 Å². The third-order valence-electron chi connectivity index (χ3n) is 3.37. The number of aliphatic imine (C=N–C) groups is 1. The Morgan fingerprint density at radius 2 is 2.19 bits per heavy atom. The predicted octanol–water partition coefficient (Wildman–Crippen LogP) is -2.19. The normalized spacial score (nSPS) is 20.6. The molecule has 0 aromatic rings. The van der Waals surface area contributed by atoms with Gasteiger partial charge in [-0.2, -0.15) is 0 Å². The lowest BCUT2D eigenvalue weighted by atomic mass is 10.1. The van der Waals surface area contributed by atoms with E-state index in [1.807, 2.05) is 0 Å². The molecule has 0 radical (unpaired) electrons. The maximum atomic E-state index is 12.1. The molecule has 1 amide bonds. The highest BCUT2D eigenvalue weighted by atomic mass is 16.6. The van der Waals surface area contributed by atoms with Crippen molar-refractivity contribution in [3.8, 4) is 0 Å². The van der Waals surface area contributed by atoms with Crippen LogP contribution in [0.1, 0.15) is 19.3 Å². The first-order valence-electron chi connectivity index (χ1n) is 6.57. The number of amides is 1. The molecule has 1 rings (SSSR count). The second kappa shape index (κ2) is 7.53. The predicted molar refractivity (Wildman–Crippen MR) is 74.9 cm³/mol. The largest absolute Gasteiger partial charge is 0.370 e. The summed E-state index contributed by atoms with van der Waals surface area (Å²) in [6.07, 6.45) is 1.82. The van der Waals surface area contributed by atoms with Crippen molar-refractivity contribution < 1.29 is 14.5 Å². The lowest BCUT2D eigenvalue weighted by Crippen LogP contribution is -2.48. The molecule has 0 aromatic carbocycles. The third-order valence-corrected chi connectivity index (χ3v) is 3.37. The number of guanidine groups is 1. The zero-order valence-corrected chi connectivity index (χ0v) is 11.6. The molecule has 1 unspecified atom stereocenters. The van der Waals surface area contributed by atoms with Gasteiger partial charge in [0.2, 0.25) is 11.9 Å². The van der Waals surface area contributed by atoms with Crippen LogP contribution in [0.3, 0.4) is 0 Å². The average molecular weight is 300 g/mol. The summed E-state index contributed by atoms with van der Waals surface area (Å²) >= 11 is 0. The van der Waals surface area contributed by atoms with E-state index in [2.05, 4.69) is 4.99 Å². The molecule has 21 heavy (non-hydrogen) atoms. The molecule has 0 spiro atoms. The minimum atomic E-state index is -1.15. The van der Waals surface area contributed by atoms with Crippen LogP contribution in [0.4, 0.5) is 0 Å². The van der Waals surface area contributed by atoms with Crippen LogP contribution >= 0.6 is 0 Å². The number of carbonyl (C=O) groups excluding carboxylic acids is 2. The number of likely N-dealkylation sites (tertiary alicyclic amines) is 1. The van der Waals surface area contributed by atoms with Gasteiger partial charge >= 0.3 is 0 Å². The molecule has 0 bridgehead atoms. The summed E-state index contributed by atoms with van der Waals surface area (Å²) < 4.78 is 0. The Morgan fingerprint density at radius 3 is 2.71 bits per heavy atom. The molecule has 0 saturated carbocycles. The summed E-state index contributed by atoms with van der Waals surface area (Å²) in [5, 5.41) is 10.9. The van der Waals surface area contributed by atoms with Gasteiger partial charge in [-0.15, -0.1) is 0 Å². The molecular weight excluding hydrogens is 280 g/mol. The van der Waals surface area contributed by atoms with Crippen LogP contribution < -0.4 is 17.2 Å². The second-order valence-electron chi connectivity index (χ2n) is 4.92. The first-order chi connectivity index (χ1) is 9.86. The number of nitro groups is 1. The first-order valence-corrected chi connectivity index (χ1v) is 6.57. The SMILES string of the molecule is NC(N)=NCC(C[C@H](N)C(=O)N1CCC[C@H]1C=O)[N+](=O)[O-]. The van der Waals surface area contributed by atoms with E-state index in [4.69, 9.17) is 17.2 Å². The zero-order valence-electron chi connectivity index (χ0n) is 11.6. The molecule has 1 aliphatic rings. The van der Waals surface area contributed by atoms with E-state index < -0.39 is 29.0 Å². The van der Waals surface area contributed by atoms with E-state index in [1.54, 1.807) is 0 Å². The van der Waals surface area contributed by atoms with Crippen LogP contribution in [0, 0.1) is 10.1 Å². The quantitative estimate of drug-likeness (QED) is 0.157. The highest BCUT2D eigenvalue weighted by Gasteiger charge is 2.34. The molecule has 1 fully saturated rings. The fourth-order valence-corrected chi connectivity index (χ4v) is 2.25. The van der Waals surface area contributed by atoms with E-state index in [-0.39, 0.29) is 18.9 Å². The molecular formula is C11H20N6O4. The van der Waals surface area contributed by atoms with Crippen LogP contribution in [0.2, 0.25) is 0 Å². The van der Waals surface area contributed by atoms with Gasteiger partial charge in [-0.25, -0.2) is 4.99 Å². The fourth-order valence-electron chi connectivity index (χ4n) is 2.25. The number of nitrogens with two attached hydrogens (primary N) is 3. The number of hydrogen-bond donors (Lipinski definition) is 3. The third kappa shape index (κ3) is 4.67. The van der Waals surface area contributed by atoms with E-state index in [0.717, 1.165) is 0 Å². The molecule has 118 valence electrons. The van der Waals surface area contributed by atoms with Crippen molar-refractivity contribution in [2.45, 2.75) is 37.4 Å². The highest BCUT2D eigenvalue weighted by molar-refractivity contribution is 5.84. The van der Waals surface area contributed by atoms with E-state index >= 15 is 0 Å². The van der Waals surface area contributed by atoms with Gasteiger partial charge in [-0.3, -0.25) is 14.9 Å². The van der Waals surface area contributed by atoms with Gasteiger partial charge in [-0.1, -0.05) is 0 Å². The van der Waals surface area contributed by atoms with Gasteiger partial charge in [0.25, 0.3) is 0 Å². The smallest absolute Gasteiger partial charge is 0.240 e. The Hall–Kier alpha value is -2.23. The fraction of sp³-hybridized carbons (Fsp3) is 0.727. The van der Waals surface area contributed by atoms with Crippen molar-refractivity contribution in [1.82, 2.24) is 4.90 Å². The summed E-state index contributed by atoms with van der Waals surface area (Å²) in [4.78, 5) is 38.3. The Kier molecular flexibility index (Phi) is 6.03. The topological polar surface area (TPSA) is 171 Å². The van der Waals surface area contributed by atoms with Crippen LogP contribution in [-0.4, -0.2) is 59.2 Å². The summed E-state index contributed by atoms with van der Waals surface area (Å²) in [6.45, 7) is 0.195. The Labute approximate surface area is 121 Å². The van der Waals surface area contributed by atoms with Crippen molar-refractivity contribution in [2.24, 2.45) is 22.2 Å². The number of aldehydes is 1. The van der Waals surface area contributed by atoms with Gasteiger partial charge in [-0.05, 0) is 12.8 Å². The minimum Gasteiger partial charge on any atom is -0.370 e. The molecule has 10 heteroatoms. The van der Waals surface area contributed by atoms with Crippen LogP contribution in [-0.2, 0) is 9.59 Å². The molecule has 3 atom stereocenters. The van der Waals surface area contributed by atoms with Gasteiger partial charge in [0.05, 0.1) is 12.1 Å². The number of rotatable bonds is 7. The van der Waals surface area contributed by atoms with E-state index in [0.29, 0.717) is 25.7 Å². The molecule has 0 aliphatic carbocycles. The molecule has 1 aliphatic heterocycles. The van der Waals surface area contributed by atoms with Crippen molar-refractivity contribution in [3.05, 3.63) is 10.1 Å². The van der Waals surface area contributed by atoms with E-state index in [1.165, 1.54) is 4.90 Å². The van der Waals surface area contributed by atoms with Crippen molar-refractivity contribution in [2.75, 3.05) is 13.1 Å². The average Bonchev–Trinajstić information content (AvgIpc) is 2.89. The van der Waals surface area contributed by atoms with Crippen molar-refractivity contribution in [3.63, 3.8) is 0 Å². The number of hydrogen-bond acceptors (Lipinski definition) is 6. The number of carbonyl (C=O) groups is 2. The van der Waals surface area contributed by atoms with Crippen LogP contribution in [0.5, 0.6) is 0 Å². The summed E-state index contributed by atoms with van der Waals surface area (Å²) in [7, 11) is 0. The van der Waals surface area contributed by atoms with Crippen molar-refractivity contribution >= 4 is 18.2 Å². The monoisotopic (exact) mass is 300 g/mol. The Bertz CT molecular complexity index is 436. The molecule has 6 N–H and O–H groups in total. The minimum absolute atomic E-state index is 0.190. The van der Waals surface area contributed by atoms with Gasteiger partial charge in [0.1, 0.15) is 12.8 Å². The van der Waals surface area contributed by atoms with Gasteiger partial charge in [0.15, 0.2) is 5.96 Å². The molecule has 10 nitrogen and oxygen atoms in total. The summed E-state index contributed by atoms with van der Waals surface area (Å²) in [5.41, 5.74) is 16.0. The van der Waals surface area contributed by atoms with Gasteiger partial charge < -0.3 is 26.9 Å². The molecule has 0 aromatic heterocycles. The lowest BCUT2D eigenvalue weighted by Gasteiger charge is -2.24. The van der Waals surface area contributed by atoms with E-state index in [9.17, 15) is 19.7 Å².